The van der Waals surface area contributed by atoms with Crippen molar-refractivity contribution in [2.75, 3.05) is 20.1 Å². The number of fused-ring (bicyclic) bond motifs is 2. The Morgan fingerprint density at radius 3 is 2.38 bits per heavy atom. The van der Waals surface area contributed by atoms with Crippen molar-refractivity contribution in [3.8, 4) is 0 Å². The van der Waals surface area contributed by atoms with E-state index in [1.165, 1.54) is 12.1 Å². The molecule has 0 amide bonds. The topological polar surface area (TPSA) is 50.3 Å². The van der Waals surface area contributed by atoms with Gasteiger partial charge in [0, 0.05) is 24.9 Å². The molecule has 1 aliphatic carbocycles. The number of aromatic nitrogens is 1. The van der Waals surface area contributed by atoms with E-state index in [4.69, 9.17) is 0 Å². The van der Waals surface area contributed by atoms with Crippen LogP contribution in [-0.2, 0) is 22.7 Å². The summed E-state index contributed by atoms with van der Waals surface area (Å²) >= 11 is 0. The Bertz CT molecular complexity index is 1080. The molecule has 0 bridgehead atoms. The monoisotopic (exact) mass is 422 g/mol. The lowest BCUT2D eigenvalue weighted by molar-refractivity contribution is -0.0436. The van der Waals surface area contributed by atoms with E-state index in [2.05, 4.69) is 9.88 Å². The molecule has 4 rings (SSSR count). The first-order valence-electron chi connectivity index (χ1n) is 9.48. The molecule has 2 aliphatic rings. The number of aryl methyl sites for hydroxylation is 2. The summed E-state index contributed by atoms with van der Waals surface area (Å²) in [5.74, 6) is 0. The van der Waals surface area contributed by atoms with Crippen LogP contribution in [0.25, 0.3) is 5.57 Å². The number of piperidine rings is 1. The molecule has 2 aromatic rings. The van der Waals surface area contributed by atoms with E-state index >= 15 is 0 Å². The largest absolute Gasteiger partial charge is 0.501 e. The molecule has 0 unspecified atom stereocenters. The average molecular weight is 422 g/mol. The first kappa shape index (κ1) is 20.1. The standard InChI is InChI=1S/C21H21F3N2O2S/c1-26-11-8-15(9-12-26)19-18-13-17(29(27,28)21(22,23)24)7-6-14(18)4-5-16-3-2-10-25-20(16)19/h2-3,6-7,10,13H,4-5,8-9,11-12H2,1H3. The van der Waals surface area contributed by atoms with Crippen LogP contribution in [0.5, 0.6) is 0 Å². The van der Waals surface area contributed by atoms with Crippen LogP contribution in [-0.4, -0.2) is 43.9 Å². The first-order chi connectivity index (χ1) is 13.7. The second kappa shape index (κ2) is 7.25. The van der Waals surface area contributed by atoms with Gasteiger partial charge in [0.25, 0.3) is 9.84 Å². The molecule has 1 aliphatic heterocycles. The van der Waals surface area contributed by atoms with Gasteiger partial charge in [0.2, 0.25) is 0 Å². The fraction of sp³-hybridized carbons (Fsp3) is 0.381. The predicted molar refractivity (Wildman–Crippen MR) is 104 cm³/mol. The van der Waals surface area contributed by atoms with Gasteiger partial charge >= 0.3 is 5.51 Å². The lowest BCUT2D eigenvalue weighted by atomic mass is 9.89. The first-order valence-corrected chi connectivity index (χ1v) is 11.0. The lowest BCUT2D eigenvalue weighted by Crippen LogP contribution is -2.27. The maximum Gasteiger partial charge on any atom is 0.501 e. The molecule has 1 saturated heterocycles. The molecule has 0 saturated carbocycles. The van der Waals surface area contributed by atoms with Crippen LogP contribution in [0.1, 0.15) is 35.2 Å². The van der Waals surface area contributed by atoms with Gasteiger partial charge in [-0.25, -0.2) is 8.42 Å². The molecule has 0 atom stereocenters. The van der Waals surface area contributed by atoms with Crippen molar-refractivity contribution in [2.24, 2.45) is 0 Å². The normalized spacial score (nSPS) is 18.2. The highest BCUT2D eigenvalue weighted by molar-refractivity contribution is 7.92. The number of likely N-dealkylation sites (tertiary alicyclic amines) is 1. The van der Waals surface area contributed by atoms with Gasteiger partial charge in [-0.1, -0.05) is 17.7 Å². The molecule has 0 radical (unpaired) electrons. The van der Waals surface area contributed by atoms with E-state index in [1.54, 1.807) is 6.20 Å². The zero-order valence-corrected chi connectivity index (χ0v) is 16.8. The molecule has 4 nitrogen and oxygen atoms in total. The van der Waals surface area contributed by atoms with Crippen LogP contribution >= 0.6 is 0 Å². The van der Waals surface area contributed by atoms with Crippen molar-refractivity contribution in [1.29, 1.82) is 0 Å². The number of hydrogen-bond acceptors (Lipinski definition) is 4. The fourth-order valence-corrected chi connectivity index (χ4v) is 4.85. The van der Waals surface area contributed by atoms with Crippen LogP contribution in [0.3, 0.4) is 0 Å². The van der Waals surface area contributed by atoms with Crippen LogP contribution in [0.2, 0.25) is 0 Å². The van der Waals surface area contributed by atoms with Crippen LogP contribution in [0.15, 0.2) is 47.0 Å². The molecule has 0 spiro atoms. The van der Waals surface area contributed by atoms with Gasteiger partial charge < -0.3 is 4.90 Å². The van der Waals surface area contributed by atoms with Gasteiger partial charge in [-0.2, -0.15) is 13.2 Å². The smallest absolute Gasteiger partial charge is 0.306 e. The summed E-state index contributed by atoms with van der Waals surface area (Å²) in [4.78, 5) is 6.04. The summed E-state index contributed by atoms with van der Waals surface area (Å²) in [7, 11) is -3.38. The Balaban J connectivity index is 1.96. The molecule has 0 N–H and O–H groups in total. The highest BCUT2D eigenvalue weighted by atomic mass is 32.2. The Morgan fingerprint density at radius 1 is 1.00 bits per heavy atom. The summed E-state index contributed by atoms with van der Waals surface area (Å²) in [6, 6.07) is 7.63. The molecular formula is C21H21F3N2O2S. The SMILES string of the molecule is CN1CCC(=C2c3cc(S(=O)(=O)C(F)(F)F)ccc3CCc3cccnc32)CC1. The van der Waals surface area contributed by atoms with E-state index in [-0.39, 0.29) is 0 Å². The Hall–Kier alpha value is -2.19. The minimum absolute atomic E-state index is 0.562. The number of hydrogen-bond donors (Lipinski definition) is 0. The molecule has 154 valence electrons. The highest BCUT2D eigenvalue weighted by Gasteiger charge is 2.47. The van der Waals surface area contributed by atoms with Gasteiger partial charge in [-0.05, 0) is 67.6 Å². The molecule has 29 heavy (non-hydrogen) atoms. The van der Waals surface area contributed by atoms with Crippen molar-refractivity contribution < 1.29 is 21.6 Å². The second-order valence-electron chi connectivity index (χ2n) is 7.56. The molecule has 1 aromatic carbocycles. The highest BCUT2D eigenvalue weighted by Crippen LogP contribution is 2.40. The number of halogens is 3. The van der Waals surface area contributed by atoms with E-state index < -0.39 is 20.2 Å². The molecule has 2 heterocycles. The minimum atomic E-state index is -5.41. The zero-order valence-electron chi connectivity index (χ0n) is 16.0. The predicted octanol–water partition coefficient (Wildman–Crippen LogP) is 4.00. The molecule has 1 aromatic heterocycles. The van der Waals surface area contributed by atoms with Gasteiger partial charge in [0.15, 0.2) is 0 Å². The van der Waals surface area contributed by atoms with Crippen LogP contribution in [0, 0.1) is 0 Å². The lowest BCUT2D eigenvalue weighted by Gasteiger charge is -2.27. The van der Waals surface area contributed by atoms with Crippen molar-refractivity contribution in [1.82, 2.24) is 9.88 Å². The number of alkyl halides is 3. The van der Waals surface area contributed by atoms with E-state index in [0.29, 0.717) is 18.4 Å². The summed E-state index contributed by atoms with van der Waals surface area (Å²) in [5, 5.41) is 0. The maximum absolute atomic E-state index is 13.1. The quantitative estimate of drug-likeness (QED) is 0.697. The maximum atomic E-state index is 13.1. The molecule has 1 fully saturated rings. The van der Waals surface area contributed by atoms with E-state index in [1.807, 2.05) is 19.2 Å². The Kier molecular flexibility index (Phi) is 5.02. The number of nitrogens with zero attached hydrogens (tertiary/aromatic N) is 2. The van der Waals surface area contributed by atoms with Gasteiger partial charge in [0.05, 0.1) is 10.6 Å². The van der Waals surface area contributed by atoms with E-state index in [9.17, 15) is 21.6 Å². The third-order valence-corrected chi connectivity index (χ3v) is 7.19. The number of sulfone groups is 1. The molecule has 8 heteroatoms. The zero-order chi connectivity index (χ0) is 20.8. The summed E-state index contributed by atoms with van der Waals surface area (Å²) in [6.45, 7) is 1.69. The minimum Gasteiger partial charge on any atom is -0.306 e. The van der Waals surface area contributed by atoms with Gasteiger partial charge in [0.1, 0.15) is 0 Å². The Labute approximate surface area is 168 Å². The van der Waals surface area contributed by atoms with Gasteiger partial charge in [-0.15, -0.1) is 0 Å². The third-order valence-electron chi connectivity index (χ3n) is 5.70. The second-order valence-corrected chi connectivity index (χ2v) is 9.50. The molecular weight excluding hydrogens is 401 g/mol. The van der Waals surface area contributed by atoms with Crippen LogP contribution < -0.4 is 0 Å². The number of rotatable bonds is 1. The van der Waals surface area contributed by atoms with Crippen molar-refractivity contribution in [3.05, 3.63) is 64.5 Å². The third kappa shape index (κ3) is 3.59. The summed E-state index contributed by atoms with van der Waals surface area (Å²) in [5.41, 5.74) is -0.202. The number of pyridine rings is 1. The van der Waals surface area contributed by atoms with Crippen LogP contribution in [0.4, 0.5) is 13.2 Å². The van der Waals surface area contributed by atoms with Crippen molar-refractivity contribution in [2.45, 2.75) is 36.1 Å². The Morgan fingerprint density at radius 2 is 1.69 bits per heavy atom. The van der Waals surface area contributed by atoms with Crippen molar-refractivity contribution >= 4 is 15.4 Å². The fourth-order valence-electron chi connectivity index (χ4n) is 4.07. The summed E-state index contributed by atoms with van der Waals surface area (Å²) < 4.78 is 63.5. The number of benzene rings is 1. The van der Waals surface area contributed by atoms with Crippen molar-refractivity contribution in [3.63, 3.8) is 0 Å². The summed E-state index contributed by atoms with van der Waals surface area (Å²) in [6.07, 6.45) is 4.56. The average Bonchev–Trinajstić information content (AvgIpc) is 2.84. The van der Waals surface area contributed by atoms with E-state index in [0.717, 1.165) is 60.0 Å². The van der Waals surface area contributed by atoms with Gasteiger partial charge in [-0.3, -0.25) is 4.98 Å².